The van der Waals surface area contributed by atoms with Gasteiger partial charge in [-0.1, -0.05) is 6.08 Å². The van der Waals surface area contributed by atoms with Crippen molar-refractivity contribution in [3.8, 4) is 0 Å². The Kier molecular flexibility index (Phi) is 4.65. The van der Waals surface area contributed by atoms with Gasteiger partial charge in [-0.25, -0.2) is 13.5 Å². The van der Waals surface area contributed by atoms with Gasteiger partial charge in [0.15, 0.2) is 0 Å². The fourth-order valence-electron chi connectivity index (χ4n) is 1.72. The standard InChI is InChI=1S/C10H18F2NO2P/c1-3-5-8-16(14,15-4-2)13-7-6-10(11,12)9-13/h3H,1,4-9H2,2H3. The number of rotatable bonds is 6. The van der Waals surface area contributed by atoms with Crippen LogP contribution in [-0.4, -0.2) is 36.5 Å². The summed E-state index contributed by atoms with van der Waals surface area (Å²) < 4.78 is 45.0. The monoisotopic (exact) mass is 253 g/mol. The van der Waals surface area contributed by atoms with E-state index in [1.165, 1.54) is 4.67 Å². The van der Waals surface area contributed by atoms with Crippen molar-refractivity contribution in [1.82, 2.24) is 4.67 Å². The van der Waals surface area contributed by atoms with Crippen LogP contribution in [0.25, 0.3) is 0 Å². The van der Waals surface area contributed by atoms with E-state index in [9.17, 15) is 13.3 Å². The third-order valence-corrected chi connectivity index (χ3v) is 5.22. The second-order valence-corrected chi connectivity index (χ2v) is 6.40. The first-order valence-electron chi connectivity index (χ1n) is 5.41. The first-order chi connectivity index (χ1) is 7.43. The number of halogens is 2. The molecule has 3 nitrogen and oxygen atoms in total. The van der Waals surface area contributed by atoms with E-state index in [-0.39, 0.29) is 25.7 Å². The van der Waals surface area contributed by atoms with Crippen LogP contribution in [0.3, 0.4) is 0 Å². The molecule has 0 N–H and O–H groups in total. The van der Waals surface area contributed by atoms with Crippen molar-refractivity contribution >= 4 is 7.52 Å². The molecule has 1 fully saturated rings. The fraction of sp³-hybridized carbons (Fsp3) is 0.800. The Morgan fingerprint density at radius 2 is 2.31 bits per heavy atom. The number of hydrogen-bond acceptors (Lipinski definition) is 2. The van der Waals surface area contributed by atoms with Crippen molar-refractivity contribution in [1.29, 1.82) is 0 Å². The van der Waals surface area contributed by atoms with E-state index < -0.39 is 20.0 Å². The summed E-state index contributed by atoms with van der Waals surface area (Å²) in [4.78, 5) is 0. The van der Waals surface area contributed by atoms with Crippen LogP contribution < -0.4 is 0 Å². The molecule has 0 amide bonds. The van der Waals surface area contributed by atoms with Crippen LogP contribution in [0, 0.1) is 0 Å². The molecule has 0 aliphatic carbocycles. The molecule has 0 saturated carbocycles. The van der Waals surface area contributed by atoms with E-state index in [1.807, 2.05) is 0 Å². The summed E-state index contributed by atoms with van der Waals surface area (Å²) in [5, 5.41) is 0. The lowest BCUT2D eigenvalue weighted by atomic mass is 10.3. The highest BCUT2D eigenvalue weighted by atomic mass is 31.2. The molecule has 0 aromatic heterocycles. The van der Waals surface area contributed by atoms with Gasteiger partial charge >= 0.3 is 0 Å². The minimum Gasteiger partial charge on any atom is -0.318 e. The van der Waals surface area contributed by atoms with Gasteiger partial charge in [-0.15, -0.1) is 6.58 Å². The van der Waals surface area contributed by atoms with Crippen molar-refractivity contribution in [3.63, 3.8) is 0 Å². The molecule has 1 heterocycles. The number of hydrogen-bond donors (Lipinski definition) is 0. The Morgan fingerprint density at radius 1 is 1.62 bits per heavy atom. The highest BCUT2D eigenvalue weighted by molar-refractivity contribution is 7.56. The second-order valence-electron chi connectivity index (χ2n) is 3.85. The van der Waals surface area contributed by atoms with Crippen LogP contribution in [0.1, 0.15) is 19.8 Å². The van der Waals surface area contributed by atoms with Gasteiger partial charge in [0.05, 0.1) is 13.2 Å². The van der Waals surface area contributed by atoms with Gasteiger partial charge in [0.1, 0.15) is 0 Å². The van der Waals surface area contributed by atoms with Gasteiger partial charge in [0, 0.05) is 19.1 Å². The van der Waals surface area contributed by atoms with Crippen LogP contribution in [-0.2, 0) is 9.09 Å². The van der Waals surface area contributed by atoms with Crippen LogP contribution >= 0.6 is 7.52 Å². The summed E-state index contributed by atoms with van der Waals surface area (Å²) in [7, 11) is -3.08. The molecule has 94 valence electrons. The SMILES string of the molecule is C=CCCP(=O)(OCC)N1CCC(F)(F)C1. The minimum absolute atomic E-state index is 0.140. The maximum Gasteiger partial charge on any atom is 0.272 e. The van der Waals surface area contributed by atoms with Crippen molar-refractivity contribution in [2.45, 2.75) is 25.7 Å². The average molecular weight is 253 g/mol. The summed E-state index contributed by atoms with van der Waals surface area (Å²) >= 11 is 0. The Bertz CT molecular complexity index is 297. The molecule has 1 aliphatic rings. The van der Waals surface area contributed by atoms with Crippen LogP contribution in [0.2, 0.25) is 0 Å². The van der Waals surface area contributed by atoms with E-state index in [0.29, 0.717) is 6.42 Å². The lowest BCUT2D eigenvalue weighted by molar-refractivity contribution is 0.0172. The van der Waals surface area contributed by atoms with E-state index in [2.05, 4.69) is 6.58 Å². The molecule has 16 heavy (non-hydrogen) atoms. The van der Waals surface area contributed by atoms with E-state index in [4.69, 9.17) is 4.52 Å². The van der Waals surface area contributed by atoms with Crippen molar-refractivity contribution in [2.24, 2.45) is 0 Å². The third-order valence-electron chi connectivity index (χ3n) is 2.53. The zero-order valence-electron chi connectivity index (χ0n) is 9.49. The predicted octanol–water partition coefficient (Wildman–Crippen LogP) is 3.13. The Morgan fingerprint density at radius 3 is 2.75 bits per heavy atom. The van der Waals surface area contributed by atoms with Gasteiger partial charge in [0.2, 0.25) is 0 Å². The van der Waals surface area contributed by atoms with Gasteiger partial charge < -0.3 is 4.52 Å². The first-order valence-corrected chi connectivity index (χ1v) is 7.17. The molecule has 1 unspecified atom stereocenters. The quantitative estimate of drug-likeness (QED) is 0.538. The maximum atomic E-state index is 13.0. The van der Waals surface area contributed by atoms with Gasteiger partial charge in [-0.2, -0.15) is 0 Å². The van der Waals surface area contributed by atoms with E-state index >= 15 is 0 Å². The van der Waals surface area contributed by atoms with Crippen LogP contribution in [0.15, 0.2) is 12.7 Å². The molecule has 0 bridgehead atoms. The molecular formula is C10H18F2NO2P. The zero-order chi connectivity index (χ0) is 12.2. The van der Waals surface area contributed by atoms with Gasteiger partial charge in [-0.05, 0) is 13.3 Å². The molecule has 0 aromatic rings. The number of alkyl halides is 2. The number of nitrogens with zero attached hydrogens (tertiary/aromatic N) is 1. The third kappa shape index (κ3) is 3.37. The molecule has 0 radical (unpaired) electrons. The average Bonchev–Trinajstić information content (AvgIpc) is 2.57. The Labute approximate surface area is 95.0 Å². The summed E-state index contributed by atoms with van der Waals surface area (Å²) in [5.74, 6) is -2.74. The summed E-state index contributed by atoms with van der Waals surface area (Å²) in [6.07, 6.45) is 2.16. The molecule has 0 spiro atoms. The smallest absolute Gasteiger partial charge is 0.272 e. The second kappa shape index (κ2) is 5.39. The van der Waals surface area contributed by atoms with Crippen LogP contribution in [0.4, 0.5) is 8.78 Å². The van der Waals surface area contributed by atoms with Crippen molar-refractivity contribution in [2.75, 3.05) is 25.9 Å². The molecule has 1 atom stereocenters. The summed E-state index contributed by atoms with van der Waals surface area (Å²) in [5.41, 5.74) is 0. The molecule has 6 heteroatoms. The Hall–Kier alpha value is -0.250. The highest BCUT2D eigenvalue weighted by Crippen LogP contribution is 2.54. The zero-order valence-corrected chi connectivity index (χ0v) is 10.4. The van der Waals surface area contributed by atoms with Gasteiger partial charge in [0.25, 0.3) is 13.4 Å². The maximum absolute atomic E-state index is 13.0. The summed E-state index contributed by atoms with van der Waals surface area (Å²) in [6.45, 7) is 5.21. The summed E-state index contributed by atoms with van der Waals surface area (Å²) in [6, 6.07) is 0. The Balaban J connectivity index is 2.70. The predicted molar refractivity (Wildman–Crippen MR) is 60.1 cm³/mol. The molecule has 1 aliphatic heterocycles. The van der Waals surface area contributed by atoms with Gasteiger partial charge in [-0.3, -0.25) is 4.57 Å². The van der Waals surface area contributed by atoms with Crippen molar-refractivity contribution in [3.05, 3.63) is 12.7 Å². The lowest BCUT2D eigenvalue weighted by Gasteiger charge is -2.26. The molecule has 1 rings (SSSR count). The van der Waals surface area contributed by atoms with Crippen LogP contribution in [0.5, 0.6) is 0 Å². The minimum atomic E-state index is -3.08. The first kappa shape index (κ1) is 13.8. The van der Waals surface area contributed by atoms with E-state index in [0.717, 1.165) is 0 Å². The van der Waals surface area contributed by atoms with Crippen molar-refractivity contribution < 1.29 is 17.9 Å². The number of allylic oxidation sites excluding steroid dienone is 1. The highest BCUT2D eigenvalue weighted by Gasteiger charge is 2.45. The molecule has 0 aromatic carbocycles. The fourth-order valence-corrected chi connectivity index (χ4v) is 4.04. The topological polar surface area (TPSA) is 29.5 Å². The molecule has 1 saturated heterocycles. The normalized spacial score (nSPS) is 24.2. The largest absolute Gasteiger partial charge is 0.318 e. The molecular weight excluding hydrogens is 235 g/mol. The lowest BCUT2D eigenvalue weighted by Crippen LogP contribution is -2.25. The van der Waals surface area contributed by atoms with E-state index in [1.54, 1.807) is 13.0 Å².